The lowest BCUT2D eigenvalue weighted by molar-refractivity contribution is -0.167. The number of aromatic nitrogens is 1. The Morgan fingerprint density at radius 3 is 2.21 bits per heavy atom. The second-order valence-corrected chi connectivity index (χ2v) is 5.53. The molecule has 11 heteroatoms. The van der Waals surface area contributed by atoms with Crippen LogP contribution >= 0.6 is 11.3 Å². The third kappa shape index (κ3) is 4.03. The molecule has 2 N–H and O–H groups in total. The fraction of sp³-hybridized carbons (Fsp3) is 0.231. The summed E-state index contributed by atoms with van der Waals surface area (Å²) in [6.45, 7) is 0. The van der Waals surface area contributed by atoms with Gasteiger partial charge < -0.3 is 5.11 Å². The van der Waals surface area contributed by atoms with Gasteiger partial charge in [-0.15, -0.1) is 0 Å². The van der Waals surface area contributed by atoms with Crippen LogP contribution in [0.15, 0.2) is 30.3 Å². The molecule has 0 aliphatic heterocycles. The van der Waals surface area contributed by atoms with Crippen molar-refractivity contribution in [1.29, 1.82) is 0 Å². The van der Waals surface area contributed by atoms with Crippen molar-refractivity contribution in [2.24, 2.45) is 0 Å². The second kappa shape index (κ2) is 6.40. The van der Waals surface area contributed by atoms with Crippen molar-refractivity contribution in [2.75, 3.05) is 5.32 Å². The topological polar surface area (TPSA) is 62.2 Å². The van der Waals surface area contributed by atoms with Crippen molar-refractivity contribution in [3.63, 3.8) is 0 Å². The number of carbonyl (C=O) groups excluding carboxylic acids is 1. The fourth-order valence-corrected chi connectivity index (χ4v) is 2.72. The van der Waals surface area contributed by atoms with Gasteiger partial charge in [-0.05, 0) is 5.56 Å². The molecule has 1 aromatic carbocycles. The molecule has 0 aliphatic rings. The summed E-state index contributed by atoms with van der Waals surface area (Å²) in [4.78, 5) is 13.1. The van der Waals surface area contributed by atoms with Crippen LogP contribution in [-0.4, -0.2) is 22.2 Å². The lowest BCUT2D eigenvalue weighted by atomic mass is 10.1. The number of rotatable bonds is 3. The Morgan fingerprint density at radius 2 is 1.71 bits per heavy atom. The van der Waals surface area contributed by atoms with E-state index in [1.807, 2.05) is 0 Å². The van der Waals surface area contributed by atoms with Crippen LogP contribution in [0, 0.1) is 0 Å². The minimum Gasteiger partial charge on any atom is -0.383 e. The Balaban J connectivity index is 2.41. The second-order valence-electron chi connectivity index (χ2n) is 4.49. The minimum absolute atomic E-state index is 0.0975. The minimum atomic E-state index is -5.28. The molecule has 0 spiro atoms. The Kier molecular flexibility index (Phi) is 4.85. The highest BCUT2D eigenvalue weighted by molar-refractivity contribution is 7.16. The van der Waals surface area contributed by atoms with E-state index in [2.05, 4.69) is 4.98 Å². The number of aliphatic hydroxyl groups excluding tert-OH is 1. The Morgan fingerprint density at radius 1 is 1.12 bits per heavy atom. The quantitative estimate of drug-likeness (QED) is 0.809. The van der Waals surface area contributed by atoms with E-state index in [1.165, 1.54) is 29.6 Å². The molecular weight excluding hydrogens is 362 g/mol. The van der Waals surface area contributed by atoms with E-state index < -0.39 is 40.1 Å². The third-order valence-electron chi connectivity index (χ3n) is 2.76. The largest absolute Gasteiger partial charge is 0.471 e. The Bertz CT molecular complexity index is 726. The number of amides is 1. The highest BCUT2D eigenvalue weighted by atomic mass is 32.1. The maximum Gasteiger partial charge on any atom is 0.471 e. The smallest absolute Gasteiger partial charge is 0.383 e. The molecule has 0 bridgehead atoms. The number of nitrogens with one attached hydrogen (secondary N) is 1. The number of benzene rings is 1. The predicted molar refractivity (Wildman–Crippen MR) is 72.3 cm³/mol. The summed E-state index contributed by atoms with van der Waals surface area (Å²) in [5.41, 5.74) is -1.46. The first-order valence-corrected chi connectivity index (χ1v) is 7.01. The van der Waals surface area contributed by atoms with Crippen molar-refractivity contribution in [2.45, 2.75) is 18.5 Å². The number of thiazole rings is 1. The van der Waals surface area contributed by atoms with Crippen molar-refractivity contribution in [3.8, 4) is 0 Å². The molecule has 0 radical (unpaired) electrons. The van der Waals surface area contributed by atoms with E-state index in [0.29, 0.717) is 0 Å². The van der Waals surface area contributed by atoms with Gasteiger partial charge in [0.05, 0.1) is 4.88 Å². The van der Waals surface area contributed by atoms with E-state index in [1.54, 1.807) is 6.07 Å². The van der Waals surface area contributed by atoms with Gasteiger partial charge in [-0.3, -0.25) is 10.1 Å². The molecule has 24 heavy (non-hydrogen) atoms. The van der Waals surface area contributed by atoms with E-state index in [-0.39, 0.29) is 16.9 Å². The lowest BCUT2D eigenvalue weighted by Gasteiger charge is -2.12. The van der Waals surface area contributed by atoms with Gasteiger partial charge in [-0.2, -0.15) is 26.3 Å². The van der Waals surface area contributed by atoms with Gasteiger partial charge in [-0.25, -0.2) is 4.98 Å². The summed E-state index contributed by atoms with van der Waals surface area (Å²) in [6.07, 6.45) is -12.0. The number of halogens is 6. The fourth-order valence-electron chi connectivity index (χ4n) is 1.73. The first-order chi connectivity index (χ1) is 11.0. The summed E-state index contributed by atoms with van der Waals surface area (Å²) in [5, 5.41) is 10.4. The number of carbonyl (C=O) groups is 1. The van der Waals surface area contributed by atoms with Gasteiger partial charge in [0.15, 0.2) is 10.8 Å². The first-order valence-electron chi connectivity index (χ1n) is 6.19. The number of hydrogen-bond acceptors (Lipinski definition) is 4. The summed E-state index contributed by atoms with van der Waals surface area (Å²) < 4.78 is 75.6. The van der Waals surface area contributed by atoms with Gasteiger partial charge in [0.1, 0.15) is 6.10 Å². The van der Waals surface area contributed by atoms with Crippen LogP contribution < -0.4 is 5.32 Å². The molecule has 1 amide bonds. The summed E-state index contributed by atoms with van der Waals surface area (Å²) in [6, 6.07) is 7.21. The van der Waals surface area contributed by atoms with Gasteiger partial charge in [0.2, 0.25) is 0 Å². The number of aliphatic hydroxyl groups is 1. The van der Waals surface area contributed by atoms with E-state index in [4.69, 9.17) is 0 Å². The number of alkyl halides is 6. The standard InChI is InChI=1S/C13H8F6N2O2S/c14-12(15,16)9-8(7(22)6-4-2-1-3-5-6)24-11(20-9)21-10(23)13(17,18)19/h1-5,7,22H,(H,20,21,23). The molecule has 0 saturated heterocycles. The average Bonchev–Trinajstić information content (AvgIpc) is 2.90. The highest BCUT2D eigenvalue weighted by Gasteiger charge is 2.42. The van der Waals surface area contributed by atoms with Crippen molar-refractivity contribution in [3.05, 3.63) is 46.5 Å². The lowest BCUT2D eigenvalue weighted by Crippen LogP contribution is -2.29. The van der Waals surface area contributed by atoms with Crippen LogP contribution in [0.1, 0.15) is 22.2 Å². The number of nitrogens with zero attached hydrogens (tertiary/aromatic N) is 1. The highest BCUT2D eigenvalue weighted by Crippen LogP contribution is 2.41. The molecule has 130 valence electrons. The predicted octanol–water partition coefficient (Wildman–Crippen LogP) is 3.74. The molecule has 1 atom stereocenters. The van der Waals surface area contributed by atoms with Crippen LogP contribution in [0.5, 0.6) is 0 Å². The zero-order chi connectivity index (χ0) is 18.1. The molecule has 0 saturated carbocycles. The van der Waals surface area contributed by atoms with Crippen molar-refractivity contribution >= 4 is 22.4 Å². The molecule has 0 aliphatic carbocycles. The maximum atomic E-state index is 13.0. The zero-order valence-corrected chi connectivity index (χ0v) is 12.3. The van der Waals surface area contributed by atoms with Crippen LogP contribution in [0.25, 0.3) is 0 Å². The van der Waals surface area contributed by atoms with Crippen LogP contribution in [0.3, 0.4) is 0 Å². The molecular formula is C13H8F6N2O2S. The molecule has 4 nitrogen and oxygen atoms in total. The van der Waals surface area contributed by atoms with Crippen LogP contribution in [-0.2, 0) is 11.0 Å². The van der Waals surface area contributed by atoms with Crippen LogP contribution in [0.4, 0.5) is 31.5 Å². The Labute approximate surface area is 134 Å². The molecule has 1 unspecified atom stereocenters. The molecule has 1 heterocycles. The average molecular weight is 370 g/mol. The van der Waals surface area contributed by atoms with Crippen molar-refractivity contribution in [1.82, 2.24) is 4.98 Å². The molecule has 1 aromatic heterocycles. The maximum absolute atomic E-state index is 13.0. The van der Waals surface area contributed by atoms with E-state index in [9.17, 15) is 36.2 Å². The van der Waals surface area contributed by atoms with Crippen LogP contribution in [0.2, 0.25) is 0 Å². The summed E-state index contributed by atoms with van der Waals surface area (Å²) in [7, 11) is 0. The third-order valence-corrected chi connectivity index (χ3v) is 3.79. The normalized spacial score (nSPS) is 13.6. The van der Waals surface area contributed by atoms with Gasteiger partial charge in [0.25, 0.3) is 0 Å². The van der Waals surface area contributed by atoms with Gasteiger partial charge in [-0.1, -0.05) is 41.7 Å². The van der Waals surface area contributed by atoms with Gasteiger partial charge in [0, 0.05) is 0 Å². The SMILES string of the molecule is O=C(Nc1nc(C(F)(F)F)c(C(O)c2ccccc2)s1)C(F)(F)F. The van der Waals surface area contributed by atoms with E-state index >= 15 is 0 Å². The monoisotopic (exact) mass is 370 g/mol. The number of hydrogen-bond donors (Lipinski definition) is 2. The van der Waals surface area contributed by atoms with Gasteiger partial charge >= 0.3 is 18.3 Å². The summed E-state index contributed by atoms with van der Waals surface area (Å²) in [5.74, 6) is -2.45. The molecule has 0 fully saturated rings. The zero-order valence-electron chi connectivity index (χ0n) is 11.4. The summed E-state index contributed by atoms with van der Waals surface area (Å²) >= 11 is 0.121. The Hall–Kier alpha value is -2.14. The molecule has 2 aromatic rings. The molecule has 2 rings (SSSR count). The van der Waals surface area contributed by atoms with Crippen molar-refractivity contribution < 1.29 is 36.2 Å². The van der Waals surface area contributed by atoms with E-state index in [0.717, 1.165) is 0 Å². The number of anilines is 1. The first kappa shape index (κ1) is 18.2.